The number of hydrogen-bond donors (Lipinski definition) is 0. The van der Waals surface area contributed by atoms with E-state index in [0.29, 0.717) is 25.1 Å². The summed E-state index contributed by atoms with van der Waals surface area (Å²) in [6.07, 6.45) is 0.676. The van der Waals surface area contributed by atoms with Crippen LogP contribution in [0.15, 0.2) is 24.3 Å². The van der Waals surface area contributed by atoms with E-state index < -0.39 is 10.0 Å². The fraction of sp³-hybridized carbons (Fsp3) is 0.600. The standard InChI is InChI=1S/C15H22FNO3S/c1-12(2)20-9-10-21(18,19)17-8-7-13(11-17)14-5-3-4-6-15(14)16/h3-6,12-13H,7-11H2,1-2H3/t13-/m0/s1. The van der Waals surface area contributed by atoms with Gasteiger partial charge in [-0.2, -0.15) is 0 Å². The summed E-state index contributed by atoms with van der Waals surface area (Å²) in [7, 11) is -3.32. The largest absolute Gasteiger partial charge is 0.378 e. The Morgan fingerprint density at radius 2 is 2.10 bits per heavy atom. The van der Waals surface area contributed by atoms with Gasteiger partial charge in [0.15, 0.2) is 0 Å². The Kier molecular flexibility index (Phi) is 5.35. The van der Waals surface area contributed by atoms with Crippen molar-refractivity contribution in [2.24, 2.45) is 0 Å². The molecule has 0 saturated carbocycles. The van der Waals surface area contributed by atoms with Gasteiger partial charge < -0.3 is 4.74 Å². The third-order valence-electron chi connectivity index (χ3n) is 3.68. The summed E-state index contributed by atoms with van der Waals surface area (Å²) >= 11 is 0. The normalized spacial score (nSPS) is 20.3. The van der Waals surface area contributed by atoms with Crippen LogP contribution in [0.2, 0.25) is 0 Å². The second-order valence-corrected chi connectivity index (χ2v) is 7.69. The molecule has 1 aromatic carbocycles. The fourth-order valence-corrected chi connectivity index (χ4v) is 3.91. The maximum absolute atomic E-state index is 13.8. The lowest BCUT2D eigenvalue weighted by Gasteiger charge is -2.17. The molecule has 0 spiro atoms. The van der Waals surface area contributed by atoms with Crippen LogP contribution in [0.25, 0.3) is 0 Å². The lowest BCUT2D eigenvalue weighted by molar-refractivity contribution is 0.0907. The van der Waals surface area contributed by atoms with Gasteiger partial charge >= 0.3 is 0 Å². The zero-order valence-electron chi connectivity index (χ0n) is 12.5. The Labute approximate surface area is 126 Å². The van der Waals surface area contributed by atoms with Gasteiger partial charge in [-0.3, -0.25) is 0 Å². The third kappa shape index (κ3) is 4.25. The number of nitrogens with zero attached hydrogens (tertiary/aromatic N) is 1. The topological polar surface area (TPSA) is 46.6 Å². The molecule has 1 fully saturated rings. The molecule has 0 aliphatic carbocycles. The highest BCUT2D eigenvalue weighted by atomic mass is 32.2. The van der Waals surface area contributed by atoms with Crippen molar-refractivity contribution < 1.29 is 17.5 Å². The van der Waals surface area contributed by atoms with Gasteiger partial charge in [-0.25, -0.2) is 17.1 Å². The Bertz CT molecular complexity index is 574. The van der Waals surface area contributed by atoms with E-state index in [2.05, 4.69) is 0 Å². The van der Waals surface area contributed by atoms with Gasteiger partial charge in [-0.1, -0.05) is 18.2 Å². The lowest BCUT2D eigenvalue weighted by atomic mass is 9.98. The molecule has 1 aromatic rings. The van der Waals surface area contributed by atoms with Gasteiger partial charge in [0.1, 0.15) is 5.82 Å². The van der Waals surface area contributed by atoms with Crippen molar-refractivity contribution in [3.63, 3.8) is 0 Å². The zero-order chi connectivity index (χ0) is 15.5. The molecular weight excluding hydrogens is 293 g/mol. The van der Waals surface area contributed by atoms with Crippen LogP contribution in [-0.4, -0.2) is 44.3 Å². The number of ether oxygens (including phenoxy) is 1. The first-order chi connectivity index (χ1) is 9.90. The first-order valence-corrected chi connectivity index (χ1v) is 8.85. The summed E-state index contributed by atoms with van der Waals surface area (Å²) < 4.78 is 45.0. The lowest BCUT2D eigenvalue weighted by Crippen LogP contribution is -2.32. The van der Waals surface area contributed by atoms with Gasteiger partial charge in [-0.15, -0.1) is 0 Å². The van der Waals surface area contributed by atoms with E-state index in [-0.39, 0.29) is 30.2 Å². The molecule has 0 unspecified atom stereocenters. The van der Waals surface area contributed by atoms with Crippen LogP contribution in [0.4, 0.5) is 4.39 Å². The maximum Gasteiger partial charge on any atom is 0.216 e. The molecule has 1 saturated heterocycles. The SMILES string of the molecule is CC(C)OCCS(=O)(=O)N1CC[C@H](c2ccccc2F)C1. The molecule has 0 bridgehead atoms. The van der Waals surface area contributed by atoms with Gasteiger partial charge in [0.05, 0.1) is 18.5 Å². The van der Waals surface area contributed by atoms with E-state index in [4.69, 9.17) is 4.74 Å². The second-order valence-electron chi connectivity index (χ2n) is 5.60. The number of rotatable bonds is 6. The number of sulfonamides is 1. The van der Waals surface area contributed by atoms with Crippen LogP contribution in [0.3, 0.4) is 0 Å². The Morgan fingerprint density at radius 1 is 1.38 bits per heavy atom. The second kappa shape index (κ2) is 6.85. The van der Waals surface area contributed by atoms with E-state index in [1.165, 1.54) is 10.4 Å². The van der Waals surface area contributed by atoms with Crippen LogP contribution in [-0.2, 0) is 14.8 Å². The van der Waals surface area contributed by atoms with Gasteiger partial charge in [0.25, 0.3) is 0 Å². The van der Waals surface area contributed by atoms with E-state index >= 15 is 0 Å². The molecule has 6 heteroatoms. The minimum absolute atomic E-state index is 0.0185. The van der Waals surface area contributed by atoms with Crippen molar-refractivity contribution in [1.29, 1.82) is 0 Å². The average Bonchev–Trinajstić information content (AvgIpc) is 2.88. The van der Waals surface area contributed by atoms with Crippen molar-refractivity contribution >= 4 is 10.0 Å². The minimum Gasteiger partial charge on any atom is -0.378 e. The molecule has 0 radical (unpaired) electrons. The van der Waals surface area contributed by atoms with Crippen LogP contribution < -0.4 is 0 Å². The highest BCUT2D eigenvalue weighted by Crippen LogP contribution is 2.30. The molecule has 2 rings (SSSR count). The van der Waals surface area contributed by atoms with E-state index in [1.54, 1.807) is 18.2 Å². The molecule has 0 amide bonds. The van der Waals surface area contributed by atoms with Crippen molar-refractivity contribution in [3.05, 3.63) is 35.6 Å². The van der Waals surface area contributed by atoms with Gasteiger partial charge in [0.2, 0.25) is 10.0 Å². The molecule has 0 N–H and O–H groups in total. The van der Waals surface area contributed by atoms with E-state index in [0.717, 1.165) is 0 Å². The van der Waals surface area contributed by atoms with Gasteiger partial charge in [-0.05, 0) is 31.9 Å². The molecule has 21 heavy (non-hydrogen) atoms. The highest BCUT2D eigenvalue weighted by Gasteiger charge is 2.32. The Balaban J connectivity index is 1.97. The number of benzene rings is 1. The molecule has 1 atom stereocenters. The monoisotopic (exact) mass is 315 g/mol. The molecule has 4 nitrogen and oxygen atoms in total. The minimum atomic E-state index is -3.32. The summed E-state index contributed by atoms with van der Waals surface area (Å²) in [6.45, 7) is 4.74. The summed E-state index contributed by atoms with van der Waals surface area (Å²) in [4.78, 5) is 0. The van der Waals surface area contributed by atoms with Crippen LogP contribution in [0.5, 0.6) is 0 Å². The molecule has 0 aromatic heterocycles. The number of hydrogen-bond acceptors (Lipinski definition) is 3. The molecule has 1 heterocycles. The first kappa shape index (κ1) is 16.4. The molecule has 1 aliphatic rings. The highest BCUT2D eigenvalue weighted by molar-refractivity contribution is 7.89. The predicted molar refractivity (Wildman–Crippen MR) is 80.2 cm³/mol. The molecule has 1 aliphatic heterocycles. The third-order valence-corrected chi connectivity index (χ3v) is 5.48. The summed E-state index contributed by atoms with van der Waals surface area (Å²) in [5, 5.41) is 0. The fourth-order valence-electron chi connectivity index (χ4n) is 2.56. The van der Waals surface area contributed by atoms with Crippen LogP contribution in [0.1, 0.15) is 31.7 Å². The summed E-state index contributed by atoms with van der Waals surface area (Å²) in [5.74, 6) is -0.341. The average molecular weight is 315 g/mol. The van der Waals surface area contributed by atoms with Crippen molar-refractivity contribution in [2.45, 2.75) is 32.3 Å². The Hall–Kier alpha value is -0.980. The van der Waals surface area contributed by atoms with Crippen molar-refractivity contribution in [3.8, 4) is 0 Å². The maximum atomic E-state index is 13.8. The quantitative estimate of drug-likeness (QED) is 0.809. The first-order valence-electron chi connectivity index (χ1n) is 7.24. The van der Waals surface area contributed by atoms with Crippen molar-refractivity contribution in [2.75, 3.05) is 25.4 Å². The summed E-state index contributed by atoms with van der Waals surface area (Å²) in [5.41, 5.74) is 0.605. The Morgan fingerprint density at radius 3 is 2.76 bits per heavy atom. The van der Waals surface area contributed by atoms with Crippen LogP contribution >= 0.6 is 0 Å². The van der Waals surface area contributed by atoms with E-state index in [1.807, 2.05) is 13.8 Å². The summed E-state index contributed by atoms with van der Waals surface area (Å²) in [6, 6.07) is 6.58. The smallest absolute Gasteiger partial charge is 0.216 e. The van der Waals surface area contributed by atoms with Gasteiger partial charge in [0, 0.05) is 19.0 Å². The van der Waals surface area contributed by atoms with Crippen LogP contribution in [0, 0.1) is 5.82 Å². The molecule has 118 valence electrons. The van der Waals surface area contributed by atoms with Crippen molar-refractivity contribution in [1.82, 2.24) is 4.31 Å². The van der Waals surface area contributed by atoms with E-state index in [9.17, 15) is 12.8 Å². The molecular formula is C15H22FNO3S. The predicted octanol–water partition coefficient (Wildman–Crippen LogP) is 2.37. The number of halogens is 1. The zero-order valence-corrected chi connectivity index (χ0v) is 13.3.